The topological polar surface area (TPSA) is 88.9 Å². The maximum Gasteiger partial charge on any atom is 0.253 e. The summed E-state index contributed by atoms with van der Waals surface area (Å²) in [5.41, 5.74) is 0.733. The highest BCUT2D eigenvalue weighted by Gasteiger charge is 2.20. The molecule has 0 bridgehead atoms. The average Bonchev–Trinajstić information content (AvgIpc) is 3.10. The fraction of sp³-hybridized carbons (Fsp3) is 0.200. The number of aromatic nitrogens is 3. The summed E-state index contributed by atoms with van der Waals surface area (Å²) in [5.74, 6) is -0.0449. The Morgan fingerprint density at radius 3 is 2.56 bits per heavy atom. The summed E-state index contributed by atoms with van der Waals surface area (Å²) in [6, 6.07) is 9.17. The minimum absolute atomic E-state index is 0.0793. The lowest BCUT2D eigenvalue weighted by molar-refractivity contribution is -0.113. The summed E-state index contributed by atoms with van der Waals surface area (Å²) >= 11 is 25.2. The molecule has 0 fully saturated rings. The van der Waals surface area contributed by atoms with Gasteiger partial charge in [-0.05, 0) is 37.3 Å². The first-order valence-electron chi connectivity index (χ1n) is 9.19. The van der Waals surface area contributed by atoms with Crippen LogP contribution in [0.3, 0.4) is 0 Å². The lowest BCUT2D eigenvalue weighted by Crippen LogP contribution is -2.28. The van der Waals surface area contributed by atoms with Crippen LogP contribution in [0.25, 0.3) is 0 Å². The maximum absolute atomic E-state index is 12.5. The van der Waals surface area contributed by atoms with E-state index in [1.165, 1.54) is 17.8 Å². The van der Waals surface area contributed by atoms with Crippen molar-refractivity contribution in [1.29, 1.82) is 0 Å². The quantitative estimate of drug-likeness (QED) is 0.384. The van der Waals surface area contributed by atoms with Gasteiger partial charge in [-0.2, -0.15) is 0 Å². The predicted octanol–water partition coefficient (Wildman–Crippen LogP) is 5.65. The Morgan fingerprint density at radius 1 is 1.09 bits per heavy atom. The fourth-order valence-corrected chi connectivity index (χ4v) is 4.32. The van der Waals surface area contributed by atoms with Crippen LogP contribution in [0.2, 0.25) is 20.1 Å². The third kappa shape index (κ3) is 5.88. The van der Waals surface area contributed by atoms with Gasteiger partial charge in [0.05, 0.1) is 38.1 Å². The number of benzene rings is 2. The lowest BCUT2D eigenvalue weighted by Gasteiger charge is -2.14. The van der Waals surface area contributed by atoms with Gasteiger partial charge in [-0.25, -0.2) is 0 Å². The van der Waals surface area contributed by atoms with Gasteiger partial charge >= 0.3 is 0 Å². The standard InChI is InChI=1S/C20H17Cl4N5O2S/c1-10(25-19(31)12-7-6-11(21)8-14(12)23)18-27-28-20(29(18)2)32-9-16(30)26-15-5-3-4-13(22)17(15)24/h3-8,10H,9H2,1-2H3,(H,25,31)(H,26,30)/t10-/m0/s1. The number of nitrogens with one attached hydrogen (secondary N) is 2. The molecule has 0 unspecified atom stereocenters. The number of rotatable bonds is 7. The molecular formula is C20H17Cl4N5O2S. The number of hydrogen-bond acceptors (Lipinski definition) is 5. The fourth-order valence-electron chi connectivity index (χ4n) is 2.76. The summed E-state index contributed by atoms with van der Waals surface area (Å²) in [7, 11) is 1.75. The molecule has 2 aromatic carbocycles. The zero-order valence-corrected chi connectivity index (χ0v) is 20.7. The van der Waals surface area contributed by atoms with Crippen molar-refractivity contribution in [2.24, 2.45) is 7.05 Å². The SMILES string of the molecule is C[C@H](NC(=O)c1ccc(Cl)cc1Cl)c1nnc(SCC(=O)Nc2cccc(Cl)c2Cl)n1C. The normalized spacial score (nSPS) is 11.8. The molecule has 3 aromatic rings. The summed E-state index contributed by atoms with van der Waals surface area (Å²) < 4.78 is 1.71. The Hall–Kier alpha value is -1.97. The molecule has 0 aliphatic rings. The van der Waals surface area contributed by atoms with E-state index in [1.54, 1.807) is 48.9 Å². The van der Waals surface area contributed by atoms with Gasteiger partial charge in [0, 0.05) is 12.1 Å². The number of amides is 2. The summed E-state index contributed by atoms with van der Waals surface area (Å²) in [6.45, 7) is 1.77. The van der Waals surface area contributed by atoms with Gasteiger partial charge in [0.15, 0.2) is 11.0 Å². The smallest absolute Gasteiger partial charge is 0.253 e. The molecule has 1 heterocycles. The molecule has 0 radical (unpaired) electrons. The van der Waals surface area contributed by atoms with Crippen molar-refractivity contribution in [1.82, 2.24) is 20.1 Å². The van der Waals surface area contributed by atoms with Crippen molar-refractivity contribution in [3.8, 4) is 0 Å². The van der Waals surface area contributed by atoms with Crippen molar-refractivity contribution in [2.75, 3.05) is 11.1 Å². The second-order valence-corrected chi connectivity index (χ2v) is 9.23. The first kappa shape index (κ1) is 24.7. The molecule has 2 amide bonds. The highest BCUT2D eigenvalue weighted by atomic mass is 35.5. The molecule has 2 N–H and O–H groups in total. The molecule has 0 spiro atoms. The van der Waals surface area contributed by atoms with Crippen molar-refractivity contribution in [3.63, 3.8) is 0 Å². The van der Waals surface area contributed by atoms with Crippen LogP contribution in [0.1, 0.15) is 29.1 Å². The third-order valence-corrected chi connectivity index (χ3v) is 6.72. The Balaban J connectivity index is 1.61. The molecule has 0 aliphatic heterocycles. The van der Waals surface area contributed by atoms with Crippen molar-refractivity contribution in [3.05, 3.63) is 67.9 Å². The predicted molar refractivity (Wildman–Crippen MR) is 129 cm³/mol. The van der Waals surface area contributed by atoms with Gasteiger partial charge < -0.3 is 15.2 Å². The van der Waals surface area contributed by atoms with E-state index in [0.29, 0.717) is 32.3 Å². The van der Waals surface area contributed by atoms with E-state index in [1.807, 2.05) is 0 Å². The van der Waals surface area contributed by atoms with Crippen molar-refractivity contribution < 1.29 is 9.59 Å². The van der Waals surface area contributed by atoms with Gasteiger partial charge in [0.1, 0.15) is 0 Å². The van der Waals surface area contributed by atoms with Gasteiger partial charge in [-0.3, -0.25) is 9.59 Å². The van der Waals surface area contributed by atoms with E-state index in [4.69, 9.17) is 46.4 Å². The van der Waals surface area contributed by atoms with E-state index in [2.05, 4.69) is 20.8 Å². The van der Waals surface area contributed by atoms with Crippen LogP contribution in [0.15, 0.2) is 41.6 Å². The molecule has 1 aromatic heterocycles. The highest BCUT2D eigenvalue weighted by Crippen LogP contribution is 2.30. The van der Waals surface area contributed by atoms with Gasteiger partial charge in [0.2, 0.25) is 5.91 Å². The molecule has 32 heavy (non-hydrogen) atoms. The van der Waals surface area contributed by atoms with E-state index < -0.39 is 6.04 Å². The third-order valence-electron chi connectivity index (χ3n) is 4.34. The minimum atomic E-state index is -0.458. The Morgan fingerprint density at radius 2 is 1.84 bits per heavy atom. The molecule has 7 nitrogen and oxygen atoms in total. The van der Waals surface area contributed by atoms with E-state index in [-0.39, 0.29) is 27.6 Å². The highest BCUT2D eigenvalue weighted by molar-refractivity contribution is 7.99. The summed E-state index contributed by atoms with van der Waals surface area (Å²) in [6.07, 6.45) is 0. The first-order chi connectivity index (χ1) is 15.2. The maximum atomic E-state index is 12.5. The number of carbonyl (C=O) groups is 2. The number of anilines is 1. The zero-order chi connectivity index (χ0) is 23.4. The van der Waals surface area contributed by atoms with Crippen LogP contribution in [-0.2, 0) is 11.8 Å². The molecular weight excluding hydrogens is 516 g/mol. The molecule has 1 atom stereocenters. The second-order valence-electron chi connectivity index (χ2n) is 6.66. The minimum Gasteiger partial charge on any atom is -0.342 e. The second kappa shape index (κ2) is 10.8. The molecule has 0 aliphatic carbocycles. The van der Waals surface area contributed by atoms with Crippen LogP contribution in [0, 0.1) is 0 Å². The Labute approximate surface area is 208 Å². The van der Waals surface area contributed by atoms with E-state index in [9.17, 15) is 9.59 Å². The number of halogens is 4. The lowest BCUT2D eigenvalue weighted by atomic mass is 10.2. The van der Waals surface area contributed by atoms with Crippen LogP contribution in [0.5, 0.6) is 0 Å². The number of thioether (sulfide) groups is 1. The summed E-state index contributed by atoms with van der Waals surface area (Å²) in [4.78, 5) is 24.8. The van der Waals surface area contributed by atoms with E-state index in [0.717, 1.165) is 0 Å². The van der Waals surface area contributed by atoms with Crippen LogP contribution in [0.4, 0.5) is 5.69 Å². The zero-order valence-electron chi connectivity index (χ0n) is 16.8. The van der Waals surface area contributed by atoms with Crippen molar-refractivity contribution >= 4 is 75.7 Å². The van der Waals surface area contributed by atoms with Gasteiger partial charge in [-0.1, -0.05) is 64.2 Å². The van der Waals surface area contributed by atoms with Gasteiger partial charge in [-0.15, -0.1) is 10.2 Å². The summed E-state index contributed by atoms with van der Waals surface area (Å²) in [5, 5.41) is 15.6. The van der Waals surface area contributed by atoms with Crippen molar-refractivity contribution in [2.45, 2.75) is 18.1 Å². The number of hydrogen-bond donors (Lipinski definition) is 2. The Bertz CT molecular complexity index is 1170. The molecule has 0 saturated heterocycles. The Kier molecular flexibility index (Phi) is 8.30. The number of carbonyl (C=O) groups excluding carboxylic acids is 2. The largest absolute Gasteiger partial charge is 0.342 e. The average molecular weight is 533 g/mol. The first-order valence-corrected chi connectivity index (χ1v) is 11.7. The number of nitrogens with zero attached hydrogens (tertiary/aromatic N) is 3. The van der Waals surface area contributed by atoms with Gasteiger partial charge in [0.25, 0.3) is 5.91 Å². The van der Waals surface area contributed by atoms with Crippen LogP contribution in [-0.4, -0.2) is 32.3 Å². The monoisotopic (exact) mass is 531 g/mol. The molecule has 3 rings (SSSR count). The molecule has 0 saturated carbocycles. The van der Waals surface area contributed by atoms with Crippen LogP contribution < -0.4 is 10.6 Å². The van der Waals surface area contributed by atoms with E-state index >= 15 is 0 Å². The molecule has 168 valence electrons. The van der Waals surface area contributed by atoms with Crippen LogP contribution >= 0.6 is 58.2 Å². The molecule has 12 heteroatoms.